The zero-order valence-corrected chi connectivity index (χ0v) is 16.5. The fraction of sp³-hybridized carbons (Fsp3) is 0.250. The summed E-state index contributed by atoms with van der Waals surface area (Å²) in [4.78, 5) is 37.5. The van der Waals surface area contributed by atoms with Crippen LogP contribution in [0.25, 0.3) is 11.1 Å². The third-order valence-electron chi connectivity index (χ3n) is 4.61. The minimum Gasteiger partial charge on any atom is -0.428 e. The van der Waals surface area contributed by atoms with Gasteiger partial charge < -0.3 is 24.4 Å². The highest BCUT2D eigenvalue weighted by atomic mass is 16.9. The van der Waals surface area contributed by atoms with Gasteiger partial charge in [0.15, 0.2) is 17.5 Å². The quantitative estimate of drug-likeness (QED) is 0.361. The topological polar surface area (TPSA) is 126 Å². The Kier molecular flexibility index (Phi) is 6.19. The number of rotatable bonds is 6. The Bertz CT molecular complexity index is 945. The van der Waals surface area contributed by atoms with Crippen LogP contribution in [0.1, 0.15) is 10.4 Å². The predicted molar refractivity (Wildman–Crippen MR) is 104 cm³/mol. The van der Waals surface area contributed by atoms with Crippen molar-refractivity contribution in [3.63, 3.8) is 0 Å². The molecule has 0 bridgehead atoms. The summed E-state index contributed by atoms with van der Waals surface area (Å²) in [5.41, 5.74) is 3.17. The van der Waals surface area contributed by atoms with E-state index < -0.39 is 30.2 Å². The first-order chi connectivity index (χ1) is 14.4. The predicted octanol–water partition coefficient (Wildman–Crippen LogP) is 0.747. The van der Waals surface area contributed by atoms with Gasteiger partial charge in [-0.15, -0.1) is 0 Å². The van der Waals surface area contributed by atoms with E-state index in [0.29, 0.717) is 11.5 Å². The average Bonchev–Trinajstić information content (AvgIpc) is 3.22. The van der Waals surface area contributed by atoms with Crippen LogP contribution in [-0.2, 0) is 14.3 Å². The first-order valence-corrected chi connectivity index (χ1v) is 8.93. The summed E-state index contributed by atoms with van der Waals surface area (Å²) in [5, 5.41) is 11.2. The molecule has 10 heteroatoms. The molecule has 1 heterocycles. The smallest absolute Gasteiger partial charge is 0.360 e. The number of hydrogen-bond donors (Lipinski definition) is 3. The van der Waals surface area contributed by atoms with Crippen LogP contribution in [-0.4, -0.2) is 61.6 Å². The van der Waals surface area contributed by atoms with Gasteiger partial charge in [-0.25, -0.2) is 5.48 Å². The van der Waals surface area contributed by atoms with Crippen molar-refractivity contribution < 1.29 is 33.8 Å². The van der Waals surface area contributed by atoms with Crippen LogP contribution in [0.3, 0.4) is 0 Å². The first-order valence-electron chi connectivity index (χ1n) is 8.93. The third kappa shape index (κ3) is 3.91. The Hall–Kier alpha value is -3.63. The summed E-state index contributed by atoms with van der Waals surface area (Å²) in [6.07, 6.45) is 0. The highest BCUT2D eigenvalue weighted by molar-refractivity contribution is 6.08. The van der Waals surface area contributed by atoms with E-state index in [-0.39, 0.29) is 5.56 Å². The van der Waals surface area contributed by atoms with E-state index in [1.54, 1.807) is 30.3 Å². The molecule has 3 amide bonds. The Labute approximate surface area is 172 Å². The number of amides is 3. The number of hydroxylamine groups is 1. The van der Waals surface area contributed by atoms with Crippen molar-refractivity contribution in [2.45, 2.75) is 12.5 Å². The molecule has 2 unspecified atom stereocenters. The summed E-state index contributed by atoms with van der Waals surface area (Å²) in [6.45, 7) is -0.824. The number of para-hydroxylation sites is 1. The molecule has 0 saturated carbocycles. The maximum atomic E-state index is 12.8. The molecule has 0 saturated heterocycles. The molecular formula is C20H21N3O7. The lowest BCUT2D eigenvalue weighted by Gasteiger charge is -2.25. The number of methoxy groups -OCH3 is 1. The number of hydrogen-bond acceptors (Lipinski definition) is 7. The van der Waals surface area contributed by atoms with Crippen LogP contribution in [0.4, 0.5) is 0 Å². The minimum absolute atomic E-state index is 0.250. The van der Waals surface area contributed by atoms with Crippen molar-refractivity contribution in [3.05, 3.63) is 48.0 Å². The van der Waals surface area contributed by atoms with Crippen LogP contribution >= 0.6 is 0 Å². The van der Waals surface area contributed by atoms with Crippen LogP contribution in [0.15, 0.2) is 42.5 Å². The molecule has 0 spiro atoms. The summed E-state index contributed by atoms with van der Waals surface area (Å²) in [6, 6.07) is 10.4. The molecule has 3 rings (SSSR count). The standard InChI is InChI=1S/C20H21N3O7/c1-21-17(24)15(18(25)22-27)23(2)19(26)12-9-7-11(8-10-12)13-5-4-6-14-16(13)30-20(28-3)29-14/h4-10,15,20,27H,1-3H3,(H,21,24)(H,22,25). The van der Waals surface area contributed by atoms with Crippen molar-refractivity contribution in [2.24, 2.45) is 0 Å². The van der Waals surface area contributed by atoms with E-state index in [2.05, 4.69) is 5.32 Å². The molecule has 0 aromatic heterocycles. The van der Waals surface area contributed by atoms with E-state index in [1.807, 2.05) is 12.1 Å². The van der Waals surface area contributed by atoms with Gasteiger partial charge in [0.05, 0.1) is 0 Å². The van der Waals surface area contributed by atoms with Gasteiger partial charge in [-0.1, -0.05) is 24.3 Å². The summed E-state index contributed by atoms with van der Waals surface area (Å²) < 4.78 is 16.2. The number of ether oxygens (including phenoxy) is 3. The van der Waals surface area contributed by atoms with E-state index in [4.69, 9.17) is 19.4 Å². The molecule has 2 aromatic carbocycles. The molecule has 158 valence electrons. The van der Waals surface area contributed by atoms with Gasteiger partial charge in [-0.05, 0) is 23.8 Å². The van der Waals surface area contributed by atoms with Crippen molar-refractivity contribution >= 4 is 17.7 Å². The van der Waals surface area contributed by atoms with Gasteiger partial charge in [0.1, 0.15) is 0 Å². The average molecular weight is 415 g/mol. The maximum Gasteiger partial charge on any atom is 0.360 e. The molecule has 3 N–H and O–H groups in total. The Morgan fingerprint density at radius 1 is 1.10 bits per heavy atom. The van der Waals surface area contributed by atoms with Crippen molar-refractivity contribution in [2.75, 3.05) is 21.2 Å². The number of likely N-dealkylation sites (N-methyl/N-ethyl adjacent to an activating group) is 2. The molecule has 1 aliphatic heterocycles. The zero-order valence-electron chi connectivity index (χ0n) is 16.5. The Morgan fingerprint density at radius 2 is 1.80 bits per heavy atom. The van der Waals surface area contributed by atoms with Gasteiger partial charge >= 0.3 is 6.48 Å². The number of nitrogens with one attached hydrogen (secondary N) is 2. The van der Waals surface area contributed by atoms with E-state index in [9.17, 15) is 14.4 Å². The maximum absolute atomic E-state index is 12.8. The molecular weight excluding hydrogens is 394 g/mol. The fourth-order valence-electron chi connectivity index (χ4n) is 3.06. The number of benzene rings is 2. The van der Waals surface area contributed by atoms with Crippen molar-refractivity contribution in [3.8, 4) is 22.6 Å². The monoisotopic (exact) mass is 415 g/mol. The largest absolute Gasteiger partial charge is 0.428 e. The van der Waals surface area contributed by atoms with Crippen LogP contribution in [0, 0.1) is 0 Å². The fourth-order valence-corrected chi connectivity index (χ4v) is 3.06. The van der Waals surface area contributed by atoms with Crippen LogP contribution in [0.5, 0.6) is 11.5 Å². The molecule has 0 fully saturated rings. The highest BCUT2D eigenvalue weighted by Gasteiger charge is 2.33. The second-order valence-corrected chi connectivity index (χ2v) is 6.38. The van der Waals surface area contributed by atoms with Gasteiger partial charge in [0.2, 0.25) is 0 Å². The second-order valence-electron chi connectivity index (χ2n) is 6.38. The molecule has 0 aliphatic carbocycles. The van der Waals surface area contributed by atoms with Crippen molar-refractivity contribution in [1.29, 1.82) is 0 Å². The highest BCUT2D eigenvalue weighted by Crippen LogP contribution is 2.43. The molecule has 2 atom stereocenters. The van der Waals surface area contributed by atoms with Gasteiger partial charge in [0, 0.05) is 32.3 Å². The summed E-state index contributed by atoms with van der Waals surface area (Å²) in [7, 11) is 4.09. The molecule has 1 aliphatic rings. The molecule has 0 radical (unpaired) electrons. The van der Waals surface area contributed by atoms with Gasteiger partial charge in [0.25, 0.3) is 17.7 Å². The number of fused-ring (bicyclic) bond motifs is 1. The SMILES string of the molecule is CNC(=O)C(C(=O)NO)N(C)C(=O)c1ccc(-c2cccc3c2OC(OC)O3)cc1. The Balaban J connectivity index is 1.84. The number of nitrogens with zero attached hydrogens (tertiary/aromatic N) is 1. The molecule has 2 aromatic rings. The van der Waals surface area contributed by atoms with Gasteiger partial charge in [-0.2, -0.15) is 0 Å². The second kappa shape index (κ2) is 8.80. The lowest BCUT2D eigenvalue weighted by Crippen LogP contribution is -2.54. The van der Waals surface area contributed by atoms with Crippen LogP contribution < -0.4 is 20.3 Å². The lowest BCUT2D eigenvalue weighted by molar-refractivity contribution is -0.157. The Morgan fingerprint density at radius 3 is 2.40 bits per heavy atom. The van der Waals surface area contributed by atoms with E-state index in [0.717, 1.165) is 16.0 Å². The van der Waals surface area contributed by atoms with Gasteiger partial charge in [-0.3, -0.25) is 19.6 Å². The molecule has 30 heavy (non-hydrogen) atoms. The van der Waals surface area contributed by atoms with E-state index in [1.165, 1.54) is 26.7 Å². The van der Waals surface area contributed by atoms with E-state index >= 15 is 0 Å². The number of carbonyl (C=O) groups is 3. The zero-order chi connectivity index (χ0) is 21.8. The first kappa shape index (κ1) is 21.1. The molecule has 10 nitrogen and oxygen atoms in total. The van der Waals surface area contributed by atoms with Crippen molar-refractivity contribution in [1.82, 2.24) is 15.7 Å². The minimum atomic E-state index is -1.53. The number of carbonyl (C=O) groups excluding carboxylic acids is 3. The van der Waals surface area contributed by atoms with Crippen LogP contribution in [0.2, 0.25) is 0 Å². The lowest BCUT2D eigenvalue weighted by atomic mass is 10.0. The normalized spacial score (nSPS) is 15.3. The summed E-state index contributed by atoms with van der Waals surface area (Å²) in [5.74, 6) is -1.26. The summed E-state index contributed by atoms with van der Waals surface area (Å²) >= 11 is 0. The third-order valence-corrected chi connectivity index (χ3v) is 4.61.